The monoisotopic (exact) mass is 253 g/mol. The Labute approximate surface area is 104 Å². The van der Waals surface area contributed by atoms with Gasteiger partial charge in [-0.3, -0.25) is 9.48 Å². The second-order valence-corrected chi connectivity index (χ2v) is 4.18. The molecule has 1 N–H and O–H groups in total. The fourth-order valence-corrected chi connectivity index (χ4v) is 2.07. The van der Waals surface area contributed by atoms with Crippen LogP contribution in [0.25, 0.3) is 0 Å². The molecule has 0 aromatic carbocycles. The molecule has 1 aliphatic heterocycles. The van der Waals surface area contributed by atoms with Gasteiger partial charge in [0, 0.05) is 25.4 Å². The summed E-state index contributed by atoms with van der Waals surface area (Å²) in [6, 6.07) is 1.01. The Kier molecular flexibility index (Phi) is 3.61. The van der Waals surface area contributed by atoms with E-state index in [-0.39, 0.29) is 25.4 Å². The molecular weight excluding hydrogens is 238 g/mol. The van der Waals surface area contributed by atoms with E-state index in [1.165, 1.54) is 16.7 Å². The van der Waals surface area contributed by atoms with E-state index < -0.39 is 18.1 Å². The first-order valence-corrected chi connectivity index (χ1v) is 5.64. The lowest BCUT2D eigenvalue weighted by molar-refractivity contribution is -0.151. The number of esters is 1. The zero-order valence-electron chi connectivity index (χ0n) is 10.0. The Hall–Kier alpha value is -1.89. The van der Waals surface area contributed by atoms with Crippen molar-refractivity contribution in [2.75, 3.05) is 13.7 Å². The summed E-state index contributed by atoms with van der Waals surface area (Å²) in [4.78, 5) is 24.9. The quantitative estimate of drug-likeness (QED) is 0.700. The van der Waals surface area contributed by atoms with Crippen LogP contribution in [0.4, 0.5) is 0 Å². The molecule has 2 unspecified atom stereocenters. The largest absolute Gasteiger partial charge is 0.467 e. The number of hydrogen-bond donors (Lipinski definition) is 1. The first-order valence-electron chi connectivity index (χ1n) is 5.64. The van der Waals surface area contributed by atoms with Crippen LogP contribution in [0, 0.1) is 0 Å². The molecule has 1 saturated heterocycles. The molecule has 0 saturated carbocycles. The molecule has 1 fully saturated rings. The van der Waals surface area contributed by atoms with Gasteiger partial charge in [0.05, 0.1) is 13.2 Å². The fraction of sp³-hybridized carbons (Fsp3) is 0.545. The lowest BCUT2D eigenvalue weighted by Gasteiger charge is -2.22. The maximum atomic E-state index is 12.0. The SMILES string of the molecule is COC(=O)C1CC(O)CN1C(=O)Cn1cccn1. The average molecular weight is 253 g/mol. The number of aliphatic hydroxyl groups excluding tert-OH is 1. The van der Waals surface area contributed by atoms with E-state index in [1.54, 1.807) is 18.5 Å². The molecule has 1 aromatic rings. The summed E-state index contributed by atoms with van der Waals surface area (Å²) in [5, 5.41) is 13.5. The van der Waals surface area contributed by atoms with E-state index in [4.69, 9.17) is 0 Å². The maximum Gasteiger partial charge on any atom is 0.328 e. The number of amides is 1. The van der Waals surface area contributed by atoms with Gasteiger partial charge in [-0.05, 0) is 6.07 Å². The van der Waals surface area contributed by atoms with Crippen LogP contribution in [-0.2, 0) is 20.9 Å². The number of rotatable bonds is 3. The zero-order chi connectivity index (χ0) is 13.1. The predicted molar refractivity (Wildman–Crippen MR) is 60.4 cm³/mol. The summed E-state index contributed by atoms with van der Waals surface area (Å²) in [7, 11) is 1.27. The second-order valence-electron chi connectivity index (χ2n) is 4.18. The van der Waals surface area contributed by atoms with E-state index >= 15 is 0 Å². The molecule has 2 atom stereocenters. The van der Waals surface area contributed by atoms with Crippen molar-refractivity contribution in [1.82, 2.24) is 14.7 Å². The summed E-state index contributed by atoms with van der Waals surface area (Å²) in [6.07, 6.45) is 2.77. The molecule has 1 aliphatic rings. The van der Waals surface area contributed by atoms with Gasteiger partial charge < -0.3 is 14.7 Å². The van der Waals surface area contributed by atoms with Crippen molar-refractivity contribution in [2.24, 2.45) is 0 Å². The van der Waals surface area contributed by atoms with Gasteiger partial charge in [-0.2, -0.15) is 5.10 Å². The van der Waals surface area contributed by atoms with Crippen LogP contribution in [0.5, 0.6) is 0 Å². The molecule has 1 amide bonds. The van der Waals surface area contributed by atoms with E-state index in [0.29, 0.717) is 0 Å². The lowest BCUT2D eigenvalue weighted by atomic mass is 10.2. The third kappa shape index (κ3) is 2.51. The number of ether oxygens (including phenoxy) is 1. The van der Waals surface area contributed by atoms with E-state index in [2.05, 4.69) is 9.84 Å². The van der Waals surface area contributed by atoms with Gasteiger partial charge in [0.25, 0.3) is 0 Å². The summed E-state index contributed by atoms with van der Waals surface area (Å²) in [6.45, 7) is 0.201. The minimum absolute atomic E-state index is 0.0488. The van der Waals surface area contributed by atoms with E-state index in [0.717, 1.165) is 0 Å². The van der Waals surface area contributed by atoms with Crippen LogP contribution in [-0.4, -0.2) is 57.5 Å². The third-order valence-corrected chi connectivity index (χ3v) is 2.93. The minimum atomic E-state index is -0.701. The minimum Gasteiger partial charge on any atom is -0.467 e. The molecule has 0 bridgehead atoms. The summed E-state index contributed by atoms with van der Waals surface area (Å²) < 4.78 is 6.11. The van der Waals surface area contributed by atoms with Gasteiger partial charge >= 0.3 is 5.97 Å². The molecule has 0 spiro atoms. The van der Waals surface area contributed by atoms with Gasteiger partial charge in [0.15, 0.2) is 0 Å². The molecule has 18 heavy (non-hydrogen) atoms. The van der Waals surface area contributed by atoms with Crippen LogP contribution in [0.15, 0.2) is 18.5 Å². The first kappa shape index (κ1) is 12.6. The van der Waals surface area contributed by atoms with Crippen LogP contribution >= 0.6 is 0 Å². The normalized spacial score (nSPS) is 23.1. The van der Waals surface area contributed by atoms with Crippen molar-refractivity contribution < 1.29 is 19.4 Å². The number of nitrogens with zero attached hydrogens (tertiary/aromatic N) is 3. The first-order chi connectivity index (χ1) is 8.61. The van der Waals surface area contributed by atoms with Gasteiger partial charge in [-0.25, -0.2) is 4.79 Å². The molecule has 7 nitrogen and oxygen atoms in total. The van der Waals surface area contributed by atoms with Gasteiger partial charge in [-0.1, -0.05) is 0 Å². The van der Waals surface area contributed by atoms with Crippen LogP contribution in [0.3, 0.4) is 0 Å². The number of methoxy groups -OCH3 is 1. The highest BCUT2D eigenvalue weighted by molar-refractivity contribution is 5.85. The maximum absolute atomic E-state index is 12.0. The Morgan fingerprint density at radius 3 is 2.94 bits per heavy atom. The number of likely N-dealkylation sites (tertiary alicyclic amines) is 1. The summed E-state index contributed by atoms with van der Waals surface area (Å²) >= 11 is 0. The predicted octanol–water partition coefficient (Wildman–Crippen LogP) is -0.982. The van der Waals surface area contributed by atoms with Crippen molar-refractivity contribution in [2.45, 2.75) is 25.1 Å². The second kappa shape index (κ2) is 5.18. The molecular formula is C11H15N3O4. The Bertz CT molecular complexity index is 432. The number of carbonyl (C=O) groups is 2. The number of aliphatic hydroxyl groups is 1. The van der Waals surface area contributed by atoms with Gasteiger partial charge in [0.1, 0.15) is 12.6 Å². The summed E-state index contributed by atoms with van der Waals surface area (Å²) in [5.41, 5.74) is 0. The number of β-amino-alcohol motifs (C(OH)–C–C–N with tert-alkyl or cyclic N) is 1. The van der Waals surface area contributed by atoms with Crippen LogP contribution in [0.1, 0.15) is 6.42 Å². The smallest absolute Gasteiger partial charge is 0.328 e. The van der Waals surface area contributed by atoms with Gasteiger partial charge in [0.2, 0.25) is 5.91 Å². The fourth-order valence-electron chi connectivity index (χ4n) is 2.07. The molecule has 98 valence electrons. The van der Waals surface area contributed by atoms with E-state index in [1.807, 2.05) is 0 Å². The van der Waals surface area contributed by atoms with Crippen molar-refractivity contribution in [3.8, 4) is 0 Å². The van der Waals surface area contributed by atoms with Crippen LogP contribution < -0.4 is 0 Å². The molecule has 7 heteroatoms. The van der Waals surface area contributed by atoms with E-state index in [9.17, 15) is 14.7 Å². The summed E-state index contributed by atoms with van der Waals surface area (Å²) in [5.74, 6) is -0.758. The molecule has 0 aliphatic carbocycles. The third-order valence-electron chi connectivity index (χ3n) is 2.93. The molecule has 2 rings (SSSR count). The van der Waals surface area contributed by atoms with Crippen molar-refractivity contribution in [3.63, 3.8) is 0 Å². The average Bonchev–Trinajstić information content (AvgIpc) is 2.97. The molecule has 0 radical (unpaired) electrons. The molecule has 2 heterocycles. The highest BCUT2D eigenvalue weighted by atomic mass is 16.5. The standard InChI is InChI=1S/C11H15N3O4/c1-18-11(17)9-5-8(15)6-14(9)10(16)7-13-4-2-3-12-13/h2-4,8-9,15H,5-7H2,1H3. The number of aromatic nitrogens is 2. The Morgan fingerprint density at radius 1 is 1.56 bits per heavy atom. The highest BCUT2D eigenvalue weighted by Crippen LogP contribution is 2.19. The molecule has 1 aromatic heterocycles. The Balaban J connectivity index is 2.05. The highest BCUT2D eigenvalue weighted by Gasteiger charge is 2.39. The van der Waals surface area contributed by atoms with Gasteiger partial charge in [-0.15, -0.1) is 0 Å². The van der Waals surface area contributed by atoms with Crippen molar-refractivity contribution >= 4 is 11.9 Å². The number of hydrogen-bond acceptors (Lipinski definition) is 5. The van der Waals surface area contributed by atoms with Crippen molar-refractivity contribution in [1.29, 1.82) is 0 Å². The lowest BCUT2D eigenvalue weighted by Crippen LogP contribution is -2.42. The van der Waals surface area contributed by atoms with Crippen molar-refractivity contribution in [3.05, 3.63) is 18.5 Å². The topological polar surface area (TPSA) is 84.7 Å². The number of carbonyl (C=O) groups excluding carboxylic acids is 2. The zero-order valence-corrected chi connectivity index (χ0v) is 10.0. The Morgan fingerprint density at radius 2 is 2.33 bits per heavy atom. The van der Waals surface area contributed by atoms with Crippen LogP contribution in [0.2, 0.25) is 0 Å².